The number of hydrogen-bond donors (Lipinski definition) is 1. The molecule has 104 valence electrons. The summed E-state index contributed by atoms with van der Waals surface area (Å²) >= 11 is 9.68. The lowest BCUT2D eigenvalue weighted by Gasteiger charge is -2.07. The molecular weight excluding hydrogens is 326 g/mol. The Labute approximate surface area is 127 Å². The second-order valence-corrected chi connectivity index (χ2v) is 6.33. The number of rotatable bonds is 5. The first kappa shape index (κ1) is 14.9. The maximum atomic E-state index is 6.15. The minimum absolute atomic E-state index is 0.407. The van der Waals surface area contributed by atoms with Crippen molar-refractivity contribution in [1.29, 1.82) is 0 Å². The van der Waals surface area contributed by atoms with E-state index in [1.54, 1.807) is 0 Å². The molecule has 2 nitrogen and oxygen atoms in total. The molecule has 1 heterocycles. The van der Waals surface area contributed by atoms with Crippen LogP contribution in [0.4, 0.5) is 0 Å². The zero-order valence-corrected chi connectivity index (χ0v) is 13.9. The van der Waals surface area contributed by atoms with Crippen molar-refractivity contribution in [2.45, 2.75) is 39.7 Å². The van der Waals surface area contributed by atoms with E-state index in [1.807, 2.05) is 12.1 Å². The van der Waals surface area contributed by atoms with E-state index in [0.29, 0.717) is 5.92 Å². The fourth-order valence-electron chi connectivity index (χ4n) is 2.34. The van der Waals surface area contributed by atoms with Crippen LogP contribution in [-0.2, 0) is 6.54 Å². The molecule has 0 radical (unpaired) electrons. The topological polar surface area (TPSA) is 25.2 Å². The maximum absolute atomic E-state index is 6.15. The largest absolute Gasteiger partial charge is 0.458 e. The molecule has 0 aliphatic rings. The minimum Gasteiger partial charge on any atom is -0.458 e. The van der Waals surface area contributed by atoms with Gasteiger partial charge in [-0.05, 0) is 46.9 Å². The van der Waals surface area contributed by atoms with Crippen LogP contribution in [0.3, 0.4) is 0 Å². The van der Waals surface area contributed by atoms with Crippen molar-refractivity contribution in [3.05, 3.63) is 33.0 Å². The van der Waals surface area contributed by atoms with Gasteiger partial charge in [-0.1, -0.05) is 32.4 Å². The summed E-state index contributed by atoms with van der Waals surface area (Å²) in [6, 6.07) is 3.87. The van der Waals surface area contributed by atoms with Crippen LogP contribution < -0.4 is 5.32 Å². The van der Waals surface area contributed by atoms with E-state index in [9.17, 15) is 0 Å². The minimum atomic E-state index is 0.407. The van der Waals surface area contributed by atoms with Crippen molar-refractivity contribution in [3.63, 3.8) is 0 Å². The van der Waals surface area contributed by atoms with Gasteiger partial charge in [0.1, 0.15) is 11.3 Å². The molecule has 0 saturated heterocycles. The van der Waals surface area contributed by atoms with Crippen LogP contribution in [0.15, 0.2) is 21.0 Å². The zero-order chi connectivity index (χ0) is 14.0. The summed E-state index contributed by atoms with van der Waals surface area (Å²) in [7, 11) is 0. The lowest BCUT2D eigenvalue weighted by Crippen LogP contribution is -2.14. The van der Waals surface area contributed by atoms with Gasteiger partial charge in [0.15, 0.2) is 0 Å². The lowest BCUT2D eigenvalue weighted by molar-refractivity contribution is 0.503. The third-order valence-corrected chi connectivity index (χ3v) is 3.92. The molecule has 0 bridgehead atoms. The summed E-state index contributed by atoms with van der Waals surface area (Å²) < 4.78 is 6.94. The molecule has 4 heteroatoms. The van der Waals surface area contributed by atoms with Gasteiger partial charge >= 0.3 is 0 Å². The molecule has 0 aliphatic carbocycles. The van der Waals surface area contributed by atoms with Gasteiger partial charge in [0.05, 0.1) is 11.0 Å². The number of nitrogens with one attached hydrogen (secondary N) is 1. The van der Waals surface area contributed by atoms with E-state index in [1.165, 1.54) is 5.56 Å². The number of fused-ring (bicyclic) bond motifs is 1. The first-order valence-electron chi connectivity index (χ1n) is 6.65. The molecule has 0 amide bonds. The fraction of sp³-hybridized carbons (Fsp3) is 0.467. The van der Waals surface area contributed by atoms with Crippen molar-refractivity contribution in [2.24, 2.45) is 0 Å². The highest BCUT2D eigenvalue weighted by Crippen LogP contribution is 2.37. The van der Waals surface area contributed by atoms with Crippen molar-refractivity contribution in [1.82, 2.24) is 5.32 Å². The summed E-state index contributed by atoms with van der Waals surface area (Å²) in [5.41, 5.74) is 2.14. The highest BCUT2D eigenvalue weighted by atomic mass is 79.9. The van der Waals surface area contributed by atoms with Crippen LogP contribution in [-0.4, -0.2) is 6.54 Å². The van der Waals surface area contributed by atoms with Crippen LogP contribution in [0.25, 0.3) is 11.0 Å². The molecule has 0 fully saturated rings. The number of halogens is 2. The van der Waals surface area contributed by atoms with E-state index in [-0.39, 0.29) is 0 Å². The summed E-state index contributed by atoms with van der Waals surface area (Å²) in [5.74, 6) is 1.42. The van der Waals surface area contributed by atoms with E-state index in [2.05, 4.69) is 42.0 Å². The molecule has 2 rings (SSSR count). The van der Waals surface area contributed by atoms with Gasteiger partial charge in [-0.2, -0.15) is 0 Å². The Balaban J connectivity index is 2.51. The van der Waals surface area contributed by atoms with E-state index in [4.69, 9.17) is 16.0 Å². The smallest absolute Gasteiger partial charge is 0.148 e. The molecule has 1 aromatic carbocycles. The predicted octanol–water partition coefficient (Wildman–Crippen LogP) is 5.47. The number of furan rings is 1. The van der Waals surface area contributed by atoms with Crippen LogP contribution >= 0.6 is 27.5 Å². The van der Waals surface area contributed by atoms with Gasteiger partial charge in [0.25, 0.3) is 0 Å². The molecule has 19 heavy (non-hydrogen) atoms. The lowest BCUT2D eigenvalue weighted by atomic mass is 9.99. The quantitative estimate of drug-likeness (QED) is 0.727. The van der Waals surface area contributed by atoms with Crippen LogP contribution in [0.2, 0.25) is 5.02 Å². The Morgan fingerprint density at radius 1 is 1.37 bits per heavy atom. The van der Waals surface area contributed by atoms with Crippen LogP contribution in [0, 0.1) is 0 Å². The van der Waals surface area contributed by atoms with Crippen molar-refractivity contribution < 1.29 is 4.42 Å². The molecule has 0 spiro atoms. The van der Waals surface area contributed by atoms with Crippen molar-refractivity contribution in [2.75, 3.05) is 6.54 Å². The fourth-order valence-corrected chi connectivity index (χ4v) is 3.23. The molecule has 0 aliphatic heterocycles. The van der Waals surface area contributed by atoms with E-state index < -0.39 is 0 Å². The first-order valence-corrected chi connectivity index (χ1v) is 7.82. The SMILES string of the molecule is CCCNCc1oc2c(Br)cc(Cl)cc2c1C(C)C. The Morgan fingerprint density at radius 2 is 2.11 bits per heavy atom. The maximum Gasteiger partial charge on any atom is 0.148 e. The zero-order valence-electron chi connectivity index (χ0n) is 11.5. The number of hydrogen-bond acceptors (Lipinski definition) is 2. The van der Waals surface area contributed by atoms with E-state index >= 15 is 0 Å². The summed E-state index contributed by atoms with van der Waals surface area (Å²) in [6.45, 7) is 8.28. The Kier molecular flexibility index (Phi) is 4.93. The summed E-state index contributed by atoms with van der Waals surface area (Å²) in [4.78, 5) is 0. The average Bonchev–Trinajstić information content (AvgIpc) is 2.68. The monoisotopic (exact) mass is 343 g/mol. The first-order chi connectivity index (χ1) is 9.04. The molecular formula is C15H19BrClNO. The predicted molar refractivity (Wildman–Crippen MR) is 85.0 cm³/mol. The average molecular weight is 345 g/mol. The Morgan fingerprint density at radius 3 is 2.74 bits per heavy atom. The molecule has 0 saturated carbocycles. The van der Waals surface area contributed by atoms with Crippen molar-refractivity contribution in [3.8, 4) is 0 Å². The highest BCUT2D eigenvalue weighted by Gasteiger charge is 2.18. The standard InChI is InChI=1S/C15H19BrClNO/c1-4-5-18-8-13-14(9(2)3)11-6-10(17)7-12(16)15(11)19-13/h6-7,9,18H,4-5,8H2,1-3H3. The van der Waals surface area contributed by atoms with E-state index in [0.717, 1.165) is 45.7 Å². The van der Waals surface area contributed by atoms with Gasteiger partial charge in [0.2, 0.25) is 0 Å². The highest BCUT2D eigenvalue weighted by molar-refractivity contribution is 9.10. The van der Waals surface area contributed by atoms with Gasteiger partial charge in [-0.25, -0.2) is 0 Å². The second-order valence-electron chi connectivity index (χ2n) is 5.03. The molecule has 0 unspecified atom stereocenters. The van der Waals surface area contributed by atoms with Crippen LogP contribution in [0.1, 0.15) is 44.4 Å². The summed E-state index contributed by atoms with van der Waals surface area (Å²) in [6.07, 6.45) is 1.12. The second kappa shape index (κ2) is 6.29. The molecule has 0 atom stereocenters. The van der Waals surface area contributed by atoms with Gasteiger partial charge in [-0.15, -0.1) is 0 Å². The van der Waals surface area contributed by atoms with Crippen molar-refractivity contribution >= 4 is 38.5 Å². The van der Waals surface area contributed by atoms with Gasteiger partial charge in [0, 0.05) is 16.0 Å². The molecule has 2 aromatic rings. The van der Waals surface area contributed by atoms with Gasteiger partial charge < -0.3 is 9.73 Å². The summed E-state index contributed by atoms with van der Waals surface area (Å²) in [5, 5.41) is 5.24. The third kappa shape index (κ3) is 3.15. The molecule has 1 aromatic heterocycles. The van der Waals surface area contributed by atoms with Gasteiger partial charge in [-0.3, -0.25) is 0 Å². The Bertz CT molecular complexity index is 577. The molecule has 1 N–H and O–H groups in total. The Hall–Kier alpha value is -0.510. The normalized spacial score (nSPS) is 11.7. The number of benzene rings is 1. The van der Waals surface area contributed by atoms with Crippen LogP contribution in [0.5, 0.6) is 0 Å². The third-order valence-electron chi connectivity index (χ3n) is 3.11.